The molecule has 0 spiro atoms. The third-order valence-corrected chi connectivity index (χ3v) is 5.89. The smallest absolute Gasteiger partial charge is 0.221 e. The molecule has 2 heterocycles. The molecule has 4 N–H and O–H groups in total. The number of guanidine groups is 1. The molecule has 32 heavy (non-hydrogen) atoms. The average Bonchev–Trinajstić information content (AvgIpc) is 2.78. The lowest BCUT2D eigenvalue weighted by atomic mass is 9.97. The summed E-state index contributed by atoms with van der Waals surface area (Å²) >= 11 is 0. The number of ether oxygens (including phenoxy) is 1. The zero-order valence-corrected chi connectivity index (χ0v) is 21.6. The summed E-state index contributed by atoms with van der Waals surface area (Å²) in [6, 6.07) is 8.57. The van der Waals surface area contributed by atoms with Crippen LogP contribution in [0.2, 0.25) is 0 Å². The normalized spacial score (nSPS) is 20.4. The largest absolute Gasteiger partial charge is 0.379 e. The van der Waals surface area contributed by atoms with E-state index in [4.69, 9.17) is 15.5 Å². The summed E-state index contributed by atoms with van der Waals surface area (Å²) in [5.41, 5.74) is 7.96. The Kier molecular flexibility index (Phi) is 12.3. The number of carbonyl (C=O) groups is 1. The van der Waals surface area contributed by atoms with Crippen molar-refractivity contribution in [1.82, 2.24) is 20.4 Å². The van der Waals surface area contributed by atoms with Crippen molar-refractivity contribution in [2.24, 2.45) is 16.6 Å². The van der Waals surface area contributed by atoms with E-state index in [9.17, 15) is 4.79 Å². The minimum absolute atomic E-state index is 0. The lowest BCUT2D eigenvalue weighted by Crippen LogP contribution is -2.44. The minimum Gasteiger partial charge on any atom is -0.379 e. The lowest BCUT2D eigenvalue weighted by Gasteiger charge is -2.31. The van der Waals surface area contributed by atoms with Gasteiger partial charge in [-0.3, -0.25) is 14.6 Å². The van der Waals surface area contributed by atoms with Gasteiger partial charge in [0.2, 0.25) is 5.91 Å². The second-order valence-electron chi connectivity index (χ2n) is 8.37. The van der Waals surface area contributed by atoms with Crippen LogP contribution < -0.4 is 16.4 Å². The molecule has 3 rings (SSSR count). The van der Waals surface area contributed by atoms with E-state index in [-0.39, 0.29) is 35.8 Å². The van der Waals surface area contributed by atoms with Crippen molar-refractivity contribution < 1.29 is 9.53 Å². The molecule has 1 unspecified atom stereocenters. The monoisotopic (exact) mass is 558 g/mol. The Bertz CT molecular complexity index is 726. The van der Waals surface area contributed by atoms with Crippen molar-refractivity contribution >= 4 is 35.8 Å². The van der Waals surface area contributed by atoms with E-state index in [2.05, 4.69) is 51.6 Å². The molecule has 0 saturated carbocycles. The highest BCUT2D eigenvalue weighted by Crippen LogP contribution is 2.19. The van der Waals surface area contributed by atoms with Gasteiger partial charge in [0.15, 0.2) is 5.96 Å². The number of nitrogens with zero attached hydrogens (tertiary/aromatic N) is 3. The van der Waals surface area contributed by atoms with Crippen LogP contribution >= 0.6 is 24.0 Å². The zero-order valence-electron chi connectivity index (χ0n) is 19.2. The highest BCUT2D eigenvalue weighted by Gasteiger charge is 2.23. The Hall–Kier alpha value is -1.43. The molecule has 2 aliphatic rings. The fourth-order valence-corrected chi connectivity index (χ4v) is 4.19. The Morgan fingerprint density at radius 2 is 1.97 bits per heavy atom. The van der Waals surface area contributed by atoms with E-state index in [1.54, 1.807) is 0 Å². The van der Waals surface area contributed by atoms with Gasteiger partial charge in [-0.05, 0) is 37.4 Å². The first-order valence-electron chi connectivity index (χ1n) is 11.6. The first kappa shape index (κ1) is 26.8. The molecule has 180 valence electrons. The number of hydrogen-bond donors (Lipinski definition) is 3. The van der Waals surface area contributed by atoms with E-state index >= 15 is 0 Å². The number of aliphatic imine (C=N–C) groups is 1. The van der Waals surface area contributed by atoms with Gasteiger partial charge >= 0.3 is 0 Å². The van der Waals surface area contributed by atoms with Crippen LogP contribution in [0.25, 0.3) is 0 Å². The van der Waals surface area contributed by atoms with Gasteiger partial charge in [-0.25, -0.2) is 4.99 Å². The Morgan fingerprint density at radius 1 is 1.19 bits per heavy atom. The molecule has 9 heteroatoms. The predicted molar refractivity (Wildman–Crippen MR) is 139 cm³/mol. The number of primary amides is 1. The Balaban J connectivity index is 0.00000363. The standard InChI is InChI=1S/C23H38N6O2.HI/c1-2-25-23(26-8-10-28-11-13-31-14-12-28)27-16-19-5-3-6-20(15-19)17-29-9-4-7-21(18-29)22(24)30;/h3,5-6,15,21H,2,4,7-14,16-18H2,1H3,(H2,24,30)(H2,25,26,27);1H. The highest BCUT2D eigenvalue weighted by molar-refractivity contribution is 14.0. The molecule has 2 fully saturated rings. The second-order valence-corrected chi connectivity index (χ2v) is 8.37. The van der Waals surface area contributed by atoms with Gasteiger partial charge in [-0.2, -0.15) is 0 Å². The van der Waals surface area contributed by atoms with Crippen molar-refractivity contribution in [3.63, 3.8) is 0 Å². The van der Waals surface area contributed by atoms with Crippen molar-refractivity contribution in [2.75, 3.05) is 59.0 Å². The summed E-state index contributed by atoms with van der Waals surface area (Å²) in [5, 5.41) is 6.77. The maximum absolute atomic E-state index is 11.5. The molecule has 0 aromatic heterocycles. The number of amides is 1. The number of nitrogens with two attached hydrogens (primary N) is 1. The van der Waals surface area contributed by atoms with Crippen molar-refractivity contribution in [2.45, 2.75) is 32.9 Å². The lowest BCUT2D eigenvalue weighted by molar-refractivity contribution is -0.123. The third-order valence-electron chi connectivity index (χ3n) is 5.89. The fourth-order valence-electron chi connectivity index (χ4n) is 4.19. The maximum atomic E-state index is 11.5. The third kappa shape index (κ3) is 9.21. The predicted octanol–water partition coefficient (Wildman–Crippen LogP) is 1.39. The van der Waals surface area contributed by atoms with Crippen LogP contribution in [0.3, 0.4) is 0 Å². The summed E-state index contributed by atoms with van der Waals surface area (Å²) < 4.78 is 5.40. The number of benzene rings is 1. The van der Waals surface area contributed by atoms with Gasteiger partial charge in [0.1, 0.15) is 0 Å². The Morgan fingerprint density at radius 3 is 2.72 bits per heavy atom. The molecular weight excluding hydrogens is 519 g/mol. The molecule has 1 aromatic carbocycles. The van der Waals surface area contributed by atoms with E-state index in [0.717, 1.165) is 84.4 Å². The first-order chi connectivity index (χ1) is 15.1. The van der Waals surface area contributed by atoms with Crippen LogP contribution in [-0.2, 0) is 22.6 Å². The van der Waals surface area contributed by atoms with Gasteiger partial charge < -0.3 is 21.1 Å². The van der Waals surface area contributed by atoms with Crippen LogP contribution in [0, 0.1) is 5.92 Å². The number of halogens is 1. The molecule has 2 saturated heterocycles. The summed E-state index contributed by atoms with van der Waals surface area (Å²) in [5.74, 6) is 0.652. The molecule has 1 aromatic rings. The quantitative estimate of drug-likeness (QED) is 0.241. The average molecular weight is 559 g/mol. The van der Waals surface area contributed by atoms with Crippen LogP contribution in [0.4, 0.5) is 0 Å². The minimum atomic E-state index is -0.176. The molecule has 0 radical (unpaired) electrons. The first-order valence-corrected chi connectivity index (χ1v) is 11.6. The van der Waals surface area contributed by atoms with E-state index < -0.39 is 0 Å². The second kappa shape index (κ2) is 14.7. The molecule has 0 aliphatic carbocycles. The van der Waals surface area contributed by atoms with E-state index in [1.807, 2.05) is 0 Å². The van der Waals surface area contributed by atoms with Crippen molar-refractivity contribution in [1.29, 1.82) is 0 Å². The molecule has 2 aliphatic heterocycles. The summed E-state index contributed by atoms with van der Waals surface area (Å²) in [7, 11) is 0. The van der Waals surface area contributed by atoms with Gasteiger partial charge in [0.25, 0.3) is 0 Å². The molecule has 8 nitrogen and oxygen atoms in total. The van der Waals surface area contributed by atoms with Gasteiger partial charge in [-0.15, -0.1) is 24.0 Å². The van der Waals surface area contributed by atoms with Crippen LogP contribution in [0.1, 0.15) is 30.9 Å². The maximum Gasteiger partial charge on any atom is 0.221 e. The van der Waals surface area contributed by atoms with E-state index in [0.29, 0.717) is 6.54 Å². The van der Waals surface area contributed by atoms with Crippen LogP contribution in [0.15, 0.2) is 29.3 Å². The molecule has 1 atom stereocenters. The summed E-state index contributed by atoms with van der Waals surface area (Å²) in [6.07, 6.45) is 1.94. The zero-order chi connectivity index (χ0) is 21.9. The highest BCUT2D eigenvalue weighted by atomic mass is 127. The number of likely N-dealkylation sites (tertiary alicyclic amines) is 1. The van der Waals surface area contributed by atoms with E-state index in [1.165, 1.54) is 11.1 Å². The SMILES string of the molecule is CCNC(=NCc1cccc(CN2CCCC(C(N)=O)C2)c1)NCCN1CCOCC1.I. The summed E-state index contributed by atoms with van der Waals surface area (Å²) in [4.78, 5) is 21.0. The molecule has 0 bridgehead atoms. The van der Waals surface area contributed by atoms with Crippen LogP contribution in [0.5, 0.6) is 0 Å². The Labute approximate surface area is 209 Å². The van der Waals surface area contributed by atoms with Crippen LogP contribution in [-0.4, -0.2) is 80.7 Å². The topological polar surface area (TPSA) is 95.2 Å². The fraction of sp³-hybridized carbons (Fsp3) is 0.652. The number of nitrogens with one attached hydrogen (secondary N) is 2. The molecular formula is C23H39IN6O2. The van der Waals surface area contributed by atoms with Gasteiger partial charge in [-0.1, -0.05) is 24.3 Å². The number of piperidine rings is 1. The van der Waals surface area contributed by atoms with Crippen molar-refractivity contribution in [3.05, 3.63) is 35.4 Å². The van der Waals surface area contributed by atoms with Gasteiger partial charge in [0, 0.05) is 45.8 Å². The number of carbonyl (C=O) groups excluding carboxylic acids is 1. The number of hydrogen-bond acceptors (Lipinski definition) is 5. The van der Waals surface area contributed by atoms with Crippen molar-refractivity contribution in [3.8, 4) is 0 Å². The number of morpholine rings is 1. The molecule has 1 amide bonds. The number of rotatable bonds is 9. The summed E-state index contributed by atoms with van der Waals surface area (Å²) in [6.45, 7) is 11.7. The van der Waals surface area contributed by atoms with Gasteiger partial charge in [0.05, 0.1) is 25.7 Å².